The van der Waals surface area contributed by atoms with Gasteiger partial charge in [0.1, 0.15) is 5.82 Å². The molecule has 2 rings (SSSR count). The Kier molecular flexibility index (Phi) is 7.45. The highest BCUT2D eigenvalue weighted by Crippen LogP contribution is 2.27. The smallest absolute Gasteiger partial charge is 0.251 e. The second-order valence-corrected chi connectivity index (χ2v) is 5.74. The van der Waals surface area contributed by atoms with E-state index in [-0.39, 0.29) is 30.0 Å². The molecule has 1 aromatic rings. The molecule has 23 heavy (non-hydrogen) atoms. The Hall–Kier alpha value is -1.66. The molecule has 1 fully saturated rings. The summed E-state index contributed by atoms with van der Waals surface area (Å²) in [5.74, 6) is -0.728. The average Bonchev–Trinajstić information content (AvgIpc) is 2.95. The predicted molar refractivity (Wildman–Crippen MR) is 89.0 cm³/mol. The van der Waals surface area contributed by atoms with Crippen LogP contribution < -0.4 is 16.4 Å². The van der Waals surface area contributed by atoms with Crippen LogP contribution >= 0.6 is 12.4 Å². The molecule has 0 atom stereocenters. The molecule has 2 amide bonds. The van der Waals surface area contributed by atoms with Gasteiger partial charge in [-0.05, 0) is 43.5 Å². The first kappa shape index (κ1) is 19.4. The minimum absolute atomic E-state index is 0. The fraction of sp³-hybridized carbons (Fsp3) is 0.500. The van der Waals surface area contributed by atoms with Crippen LogP contribution in [0.4, 0.5) is 4.39 Å². The van der Waals surface area contributed by atoms with Crippen molar-refractivity contribution < 1.29 is 14.0 Å². The number of hydrogen-bond acceptors (Lipinski definition) is 3. The molecule has 1 aliphatic rings. The van der Waals surface area contributed by atoms with E-state index in [0.717, 1.165) is 25.7 Å². The minimum atomic E-state index is -0.711. The summed E-state index contributed by atoms with van der Waals surface area (Å²) in [5.41, 5.74) is 5.74. The van der Waals surface area contributed by atoms with E-state index in [4.69, 9.17) is 5.73 Å². The number of carbonyl (C=O) groups is 2. The maximum Gasteiger partial charge on any atom is 0.251 e. The van der Waals surface area contributed by atoms with Gasteiger partial charge in [-0.25, -0.2) is 4.39 Å². The molecule has 0 saturated heterocycles. The number of hydrogen-bond donors (Lipinski definition) is 3. The maximum absolute atomic E-state index is 12.8. The SMILES string of the molecule is Cl.NC1(C(=O)NCCCNC(=O)c2ccc(F)cc2)CCCC1. The Morgan fingerprint density at radius 1 is 1.09 bits per heavy atom. The largest absolute Gasteiger partial charge is 0.354 e. The number of benzene rings is 1. The lowest BCUT2D eigenvalue weighted by molar-refractivity contribution is -0.126. The molecule has 1 aliphatic carbocycles. The predicted octanol–water partition coefficient (Wildman–Crippen LogP) is 1.76. The molecule has 0 spiro atoms. The van der Waals surface area contributed by atoms with E-state index in [2.05, 4.69) is 10.6 Å². The van der Waals surface area contributed by atoms with Crippen molar-refractivity contribution in [1.82, 2.24) is 10.6 Å². The molecule has 0 heterocycles. The van der Waals surface area contributed by atoms with E-state index in [1.165, 1.54) is 24.3 Å². The minimum Gasteiger partial charge on any atom is -0.354 e. The summed E-state index contributed by atoms with van der Waals surface area (Å²) in [4.78, 5) is 23.7. The number of amides is 2. The first-order valence-electron chi connectivity index (χ1n) is 7.62. The Labute approximate surface area is 141 Å². The van der Waals surface area contributed by atoms with E-state index < -0.39 is 5.54 Å². The van der Waals surface area contributed by atoms with Gasteiger partial charge in [-0.2, -0.15) is 0 Å². The molecule has 1 saturated carbocycles. The van der Waals surface area contributed by atoms with Crippen molar-refractivity contribution >= 4 is 24.2 Å². The molecule has 128 valence electrons. The number of carbonyl (C=O) groups excluding carboxylic acids is 2. The second-order valence-electron chi connectivity index (χ2n) is 5.74. The summed E-state index contributed by atoms with van der Waals surface area (Å²) >= 11 is 0. The van der Waals surface area contributed by atoms with Crippen LogP contribution in [0.15, 0.2) is 24.3 Å². The van der Waals surface area contributed by atoms with Crippen LogP contribution in [0.5, 0.6) is 0 Å². The number of nitrogens with two attached hydrogens (primary N) is 1. The fourth-order valence-electron chi connectivity index (χ4n) is 2.60. The van der Waals surface area contributed by atoms with Crippen LogP contribution in [0.1, 0.15) is 42.5 Å². The van der Waals surface area contributed by atoms with E-state index in [0.29, 0.717) is 25.1 Å². The molecule has 1 aromatic carbocycles. The Morgan fingerprint density at radius 2 is 1.65 bits per heavy atom. The number of halogens is 2. The zero-order chi connectivity index (χ0) is 16.0. The quantitative estimate of drug-likeness (QED) is 0.688. The van der Waals surface area contributed by atoms with Crippen molar-refractivity contribution in [3.8, 4) is 0 Å². The maximum atomic E-state index is 12.8. The van der Waals surface area contributed by atoms with Crippen molar-refractivity contribution in [1.29, 1.82) is 0 Å². The van der Waals surface area contributed by atoms with Gasteiger partial charge >= 0.3 is 0 Å². The van der Waals surface area contributed by atoms with Gasteiger partial charge in [-0.15, -0.1) is 12.4 Å². The first-order chi connectivity index (χ1) is 10.5. The topological polar surface area (TPSA) is 84.2 Å². The van der Waals surface area contributed by atoms with Gasteiger partial charge in [0, 0.05) is 18.7 Å². The molecule has 0 radical (unpaired) electrons. The normalized spacial score (nSPS) is 15.6. The molecular formula is C16H23ClFN3O2. The first-order valence-corrected chi connectivity index (χ1v) is 7.62. The van der Waals surface area contributed by atoms with Crippen molar-refractivity contribution in [3.63, 3.8) is 0 Å². The van der Waals surface area contributed by atoms with Crippen molar-refractivity contribution in [3.05, 3.63) is 35.6 Å². The highest BCUT2D eigenvalue weighted by molar-refractivity contribution is 5.94. The van der Waals surface area contributed by atoms with Gasteiger partial charge in [0.25, 0.3) is 5.91 Å². The highest BCUT2D eigenvalue weighted by Gasteiger charge is 2.36. The van der Waals surface area contributed by atoms with Crippen LogP contribution in [-0.4, -0.2) is 30.4 Å². The molecule has 0 aromatic heterocycles. The lowest BCUT2D eigenvalue weighted by Gasteiger charge is -2.22. The Morgan fingerprint density at radius 3 is 2.26 bits per heavy atom. The number of rotatable bonds is 6. The number of nitrogens with one attached hydrogen (secondary N) is 2. The summed E-state index contributed by atoms with van der Waals surface area (Å²) in [6, 6.07) is 5.37. The zero-order valence-electron chi connectivity index (χ0n) is 12.9. The van der Waals surface area contributed by atoms with Crippen molar-refractivity contribution in [2.24, 2.45) is 5.73 Å². The van der Waals surface area contributed by atoms with Gasteiger partial charge in [-0.1, -0.05) is 12.8 Å². The fourth-order valence-corrected chi connectivity index (χ4v) is 2.60. The third-order valence-corrected chi connectivity index (χ3v) is 3.98. The average molecular weight is 344 g/mol. The summed E-state index contributed by atoms with van der Waals surface area (Å²) < 4.78 is 12.8. The van der Waals surface area contributed by atoms with Crippen molar-refractivity contribution in [2.75, 3.05) is 13.1 Å². The van der Waals surface area contributed by atoms with Crippen LogP contribution in [-0.2, 0) is 4.79 Å². The monoisotopic (exact) mass is 343 g/mol. The van der Waals surface area contributed by atoms with Crippen molar-refractivity contribution in [2.45, 2.75) is 37.6 Å². The second kappa shape index (κ2) is 8.84. The lowest BCUT2D eigenvalue weighted by Crippen LogP contribution is -2.52. The van der Waals surface area contributed by atoms with E-state index in [9.17, 15) is 14.0 Å². The highest BCUT2D eigenvalue weighted by atomic mass is 35.5. The molecule has 0 bridgehead atoms. The summed E-state index contributed by atoms with van der Waals surface area (Å²) in [7, 11) is 0. The molecular weight excluding hydrogens is 321 g/mol. The van der Waals surface area contributed by atoms with E-state index in [1.807, 2.05) is 0 Å². The van der Waals surface area contributed by atoms with Gasteiger partial charge in [-0.3, -0.25) is 9.59 Å². The van der Waals surface area contributed by atoms with Crippen LogP contribution in [0, 0.1) is 5.82 Å². The summed E-state index contributed by atoms with van der Waals surface area (Å²) in [6.07, 6.45) is 4.09. The van der Waals surface area contributed by atoms with Gasteiger partial charge in [0.15, 0.2) is 0 Å². The molecule has 0 aliphatic heterocycles. The summed E-state index contributed by atoms with van der Waals surface area (Å²) in [5, 5.41) is 5.55. The molecule has 4 N–H and O–H groups in total. The van der Waals surface area contributed by atoms with Crippen LogP contribution in [0.3, 0.4) is 0 Å². The lowest BCUT2D eigenvalue weighted by atomic mass is 9.98. The zero-order valence-corrected chi connectivity index (χ0v) is 13.8. The third-order valence-electron chi connectivity index (χ3n) is 3.98. The van der Waals surface area contributed by atoms with E-state index >= 15 is 0 Å². The van der Waals surface area contributed by atoms with Gasteiger partial charge < -0.3 is 16.4 Å². The standard InChI is InChI=1S/C16H22FN3O2.ClH/c17-13-6-4-12(5-7-13)14(21)19-10-3-11-20-15(22)16(18)8-1-2-9-16;/h4-7H,1-3,8-11,18H2,(H,19,21)(H,20,22);1H. The molecule has 7 heteroatoms. The Balaban J connectivity index is 0.00000264. The van der Waals surface area contributed by atoms with Crippen LogP contribution in [0.2, 0.25) is 0 Å². The van der Waals surface area contributed by atoms with Gasteiger partial charge in [0.05, 0.1) is 5.54 Å². The van der Waals surface area contributed by atoms with Gasteiger partial charge in [0.2, 0.25) is 5.91 Å². The molecule has 5 nitrogen and oxygen atoms in total. The summed E-state index contributed by atoms with van der Waals surface area (Å²) in [6.45, 7) is 0.912. The van der Waals surface area contributed by atoms with Crippen LogP contribution in [0.25, 0.3) is 0 Å². The van der Waals surface area contributed by atoms with E-state index in [1.54, 1.807) is 0 Å². The third kappa shape index (κ3) is 5.48. The Bertz CT molecular complexity index is 531. The molecule has 0 unspecified atom stereocenters.